The van der Waals surface area contributed by atoms with E-state index in [2.05, 4.69) is 17.3 Å². The van der Waals surface area contributed by atoms with Crippen molar-refractivity contribution in [2.24, 2.45) is 5.92 Å². The van der Waals surface area contributed by atoms with Crippen LogP contribution in [0.2, 0.25) is 5.02 Å². The van der Waals surface area contributed by atoms with Gasteiger partial charge < -0.3 is 10.2 Å². The molecule has 1 aromatic rings. The molecule has 1 aliphatic heterocycles. The highest BCUT2D eigenvalue weighted by molar-refractivity contribution is 6.33. The molecule has 0 saturated carbocycles. The molecule has 1 aromatic carbocycles. The Hall–Kier alpha value is -1.33. The summed E-state index contributed by atoms with van der Waals surface area (Å²) in [6.07, 6.45) is 2.44. The minimum atomic E-state index is -0.449. The molecule has 2 rings (SSSR count). The van der Waals surface area contributed by atoms with E-state index in [1.54, 1.807) is 6.07 Å². The van der Waals surface area contributed by atoms with E-state index in [9.17, 15) is 10.1 Å². The minimum Gasteiger partial charge on any atom is -0.384 e. The molecule has 1 N–H and O–H groups in total. The minimum absolute atomic E-state index is 0.0351. The normalized spacial score (nSPS) is 19.9. The molecule has 6 heteroatoms. The zero-order chi connectivity index (χ0) is 14.7. The first-order valence-corrected chi connectivity index (χ1v) is 7.22. The summed E-state index contributed by atoms with van der Waals surface area (Å²) in [6.45, 7) is 4.99. The Morgan fingerprint density at radius 2 is 2.30 bits per heavy atom. The molecule has 0 spiro atoms. The molecule has 0 aliphatic carbocycles. The van der Waals surface area contributed by atoms with E-state index in [4.69, 9.17) is 11.6 Å². The predicted molar refractivity (Wildman–Crippen MR) is 81.6 cm³/mol. The van der Waals surface area contributed by atoms with Crippen molar-refractivity contribution >= 4 is 23.0 Å². The zero-order valence-electron chi connectivity index (χ0n) is 11.9. The molecule has 1 atom stereocenters. The van der Waals surface area contributed by atoms with Crippen LogP contribution in [-0.2, 0) is 0 Å². The first-order chi connectivity index (χ1) is 9.47. The smallest absolute Gasteiger partial charge is 0.288 e. The molecule has 0 radical (unpaired) electrons. The number of nitro groups is 1. The van der Waals surface area contributed by atoms with Gasteiger partial charge in [0.1, 0.15) is 5.02 Å². The van der Waals surface area contributed by atoms with Crippen LogP contribution in [0.1, 0.15) is 18.4 Å². The lowest BCUT2D eigenvalue weighted by Crippen LogP contribution is -2.35. The summed E-state index contributed by atoms with van der Waals surface area (Å²) in [5.74, 6) is 0.613. The van der Waals surface area contributed by atoms with Crippen LogP contribution in [0.15, 0.2) is 12.1 Å². The van der Waals surface area contributed by atoms with Crippen LogP contribution >= 0.6 is 11.6 Å². The highest BCUT2D eigenvalue weighted by Gasteiger charge is 2.18. The molecule has 1 heterocycles. The van der Waals surface area contributed by atoms with Crippen LogP contribution < -0.4 is 5.32 Å². The molecule has 0 amide bonds. The van der Waals surface area contributed by atoms with Gasteiger partial charge in [-0.3, -0.25) is 10.1 Å². The molecule has 1 fully saturated rings. The number of rotatable bonds is 4. The van der Waals surface area contributed by atoms with Crippen molar-refractivity contribution in [3.63, 3.8) is 0 Å². The number of hydrogen-bond donors (Lipinski definition) is 1. The largest absolute Gasteiger partial charge is 0.384 e. The second-order valence-corrected chi connectivity index (χ2v) is 5.93. The topological polar surface area (TPSA) is 58.4 Å². The number of aryl methyl sites for hydroxylation is 1. The lowest BCUT2D eigenvalue weighted by Gasteiger charge is -2.30. The van der Waals surface area contributed by atoms with Gasteiger partial charge in [0.2, 0.25) is 0 Å². The van der Waals surface area contributed by atoms with E-state index in [0.29, 0.717) is 5.92 Å². The summed E-state index contributed by atoms with van der Waals surface area (Å²) in [4.78, 5) is 12.7. The van der Waals surface area contributed by atoms with Crippen molar-refractivity contribution in [3.05, 3.63) is 32.8 Å². The molecular weight excluding hydrogens is 278 g/mol. The highest BCUT2D eigenvalue weighted by Crippen LogP contribution is 2.30. The van der Waals surface area contributed by atoms with Crippen molar-refractivity contribution in [1.82, 2.24) is 4.90 Å². The maximum atomic E-state index is 10.8. The summed E-state index contributed by atoms with van der Waals surface area (Å²) in [5, 5.41) is 14.4. The quantitative estimate of drug-likeness (QED) is 0.684. The number of hydrogen-bond acceptors (Lipinski definition) is 4. The van der Waals surface area contributed by atoms with Gasteiger partial charge in [0.15, 0.2) is 0 Å². The van der Waals surface area contributed by atoms with Crippen molar-refractivity contribution in [2.45, 2.75) is 19.8 Å². The van der Waals surface area contributed by atoms with Crippen LogP contribution in [0.5, 0.6) is 0 Å². The number of nitrogens with one attached hydrogen (secondary N) is 1. The predicted octanol–water partition coefficient (Wildman–Crippen LogP) is 3.31. The van der Waals surface area contributed by atoms with Gasteiger partial charge in [-0.25, -0.2) is 0 Å². The third-order valence-electron chi connectivity index (χ3n) is 3.79. The van der Waals surface area contributed by atoms with Crippen molar-refractivity contribution < 1.29 is 4.92 Å². The van der Waals surface area contributed by atoms with Gasteiger partial charge in [-0.15, -0.1) is 0 Å². The molecule has 0 aromatic heterocycles. The Labute approximate surface area is 124 Å². The van der Waals surface area contributed by atoms with Gasteiger partial charge in [-0.05, 0) is 50.9 Å². The van der Waals surface area contributed by atoms with Crippen LogP contribution in [0.4, 0.5) is 11.4 Å². The first kappa shape index (κ1) is 15.1. The van der Waals surface area contributed by atoms with Crippen molar-refractivity contribution in [3.8, 4) is 0 Å². The maximum Gasteiger partial charge on any atom is 0.288 e. The molecule has 20 heavy (non-hydrogen) atoms. The third kappa shape index (κ3) is 3.61. The third-order valence-corrected chi connectivity index (χ3v) is 4.10. The van der Waals surface area contributed by atoms with Gasteiger partial charge in [-0.2, -0.15) is 0 Å². The maximum absolute atomic E-state index is 10.8. The number of piperidine rings is 1. The number of likely N-dealkylation sites (tertiary alicyclic amines) is 1. The molecule has 5 nitrogen and oxygen atoms in total. The van der Waals surface area contributed by atoms with Gasteiger partial charge in [0, 0.05) is 24.8 Å². The molecule has 1 saturated heterocycles. The van der Waals surface area contributed by atoms with E-state index < -0.39 is 4.92 Å². The van der Waals surface area contributed by atoms with E-state index in [-0.39, 0.29) is 10.7 Å². The fourth-order valence-electron chi connectivity index (χ4n) is 2.69. The average Bonchev–Trinajstić information content (AvgIpc) is 2.39. The summed E-state index contributed by atoms with van der Waals surface area (Å²) in [6, 6.07) is 3.18. The Kier molecular flexibility index (Phi) is 4.83. The number of halogens is 1. The van der Waals surface area contributed by atoms with Gasteiger partial charge in [0.05, 0.1) is 4.92 Å². The van der Waals surface area contributed by atoms with E-state index >= 15 is 0 Å². The molecule has 1 unspecified atom stereocenters. The number of benzene rings is 1. The number of nitro benzene ring substituents is 1. The fourth-order valence-corrected chi connectivity index (χ4v) is 2.92. The second-order valence-electron chi connectivity index (χ2n) is 5.53. The van der Waals surface area contributed by atoms with Gasteiger partial charge in [-0.1, -0.05) is 11.6 Å². The molecular formula is C14H20ClN3O2. The Morgan fingerprint density at radius 3 is 2.95 bits per heavy atom. The Bertz CT molecular complexity index is 507. The van der Waals surface area contributed by atoms with Crippen LogP contribution in [0.25, 0.3) is 0 Å². The Morgan fingerprint density at radius 1 is 1.55 bits per heavy atom. The summed E-state index contributed by atoms with van der Waals surface area (Å²) in [5.41, 5.74) is 1.70. The van der Waals surface area contributed by atoms with E-state index in [1.165, 1.54) is 25.5 Å². The first-order valence-electron chi connectivity index (χ1n) is 6.84. The lowest BCUT2D eigenvalue weighted by molar-refractivity contribution is -0.384. The van der Waals surface area contributed by atoms with Crippen molar-refractivity contribution in [2.75, 3.05) is 32.0 Å². The van der Waals surface area contributed by atoms with Crippen LogP contribution in [0.3, 0.4) is 0 Å². The van der Waals surface area contributed by atoms with E-state index in [0.717, 1.165) is 24.3 Å². The summed E-state index contributed by atoms with van der Waals surface area (Å²) < 4.78 is 0. The van der Waals surface area contributed by atoms with E-state index in [1.807, 2.05) is 6.92 Å². The Balaban J connectivity index is 2.02. The highest BCUT2D eigenvalue weighted by atomic mass is 35.5. The SMILES string of the molecule is Cc1cc([N+](=O)[O-])c(Cl)cc1NCC1CCCN(C)C1. The lowest BCUT2D eigenvalue weighted by atomic mass is 9.98. The number of nitrogens with zero attached hydrogens (tertiary/aromatic N) is 2. The molecule has 0 bridgehead atoms. The summed E-state index contributed by atoms with van der Waals surface area (Å²) in [7, 11) is 2.14. The summed E-state index contributed by atoms with van der Waals surface area (Å²) >= 11 is 5.95. The van der Waals surface area contributed by atoms with Gasteiger partial charge in [0.25, 0.3) is 5.69 Å². The zero-order valence-corrected chi connectivity index (χ0v) is 12.6. The second kappa shape index (κ2) is 6.41. The van der Waals surface area contributed by atoms with Crippen LogP contribution in [-0.4, -0.2) is 36.5 Å². The molecule has 1 aliphatic rings. The molecule has 110 valence electrons. The number of anilines is 1. The average molecular weight is 298 g/mol. The van der Waals surface area contributed by atoms with Gasteiger partial charge >= 0.3 is 0 Å². The van der Waals surface area contributed by atoms with Crippen LogP contribution in [0, 0.1) is 23.0 Å². The standard InChI is InChI=1S/C14H20ClN3O2/c1-10-6-14(18(19)20)12(15)7-13(10)16-8-11-4-3-5-17(2)9-11/h6-7,11,16H,3-5,8-9H2,1-2H3. The monoisotopic (exact) mass is 297 g/mol. The fraction of sp³-hybridized carbons (Fsp3) is 0.571. The van der Waals surface area contributed by atoms with Crippen molar-refractivity contribution in [1.29, 1.82) is 0 Å².